The van der Waals surface area contributed by atoms with Crippen LogP contribution in [0.3, 0.4) is 0 Å². The van der Waals surface area contributed by atoms with Crippen LogP contribution in [-0.2, 0) is 9.59 Å². The van der Waals surface area contributed by atoms with E-state index in [1.54, 1.807) is 24.1 Å². The number of ether oxygens (including phenoxy) is 2. The number of benzene rings is 1. The van der Waals surface area contributed by atoms with E-state index in [2.05, 4.69) is 0 Å². The topological polar surface area (TPSA) is 59.1 Å². The van der Waals surface area contributed by atoms with Gasteiger partial charge in [0.15, 0.2) is 6.61 Å². The van der Waals surface area contributed by atoms with Gasteiger partial charge in [-0.3, -0.25) is 9.59 Å². The number of carbonyl (C=O) groups is 2. The first-order valence-corrected chi connectivity index (χ1v) is 8.15. The molecule has 1 saturated heterocycles. The lowest BCUT2D eigenvalue weighted by molar-refractivity contribution is -0.145. The van der Waals surface area contributed by atoms with Crippen molar-refractivity contribution in [3.8, 4) is 11.5 Å². The van der Waals surface area contributed by atoms with E-state index >= 15 is 0 Å². The second kappa shape index (κ2) is 7.55. The third-order valence-corrected chi connectivity index (χ3v) is 3.96. The Morgan fingerprint density at radius 1 is 1.04 bits per heavy atom. The van der Waals surface area contributed by atoms with Crippen molar-refractivity contribution in [3.63, 3.8) is 0 Å². The highest BCUT2D eigenvalue weighted by atomic mass is 16.5. The Labute approximate surface area is 143 Å². The molecule has 2 rings (SSSR count). The normalized spacial score (nSPS) is 15.2. The molecule has 1 aliphatic heterocycles. The smallest absolute Gasteiger partial charge is 0.260 e. The summed E-state index contributed by atoms with van der Waals surface area (Å²) >= 11 is 0. The largest absolute Gasteiger partial charge is 0.497 e. The van der Waals surface area contributed by atoms with Gasteiger partial charge in [0.05, 0.1) is 7.11 Å². The lowest BCUT2D eigenvalue weighted by Gasteiger charge is -2.37. The molecule has 24 heavy (non-hydrogen) atoms. The lowest BCUT2D eigenvalue weighted by Crippen LogP contribution is -2.53. The van der Waals surface area contributed by atoms with Crippen molar-refractivity contribution in [2.24, 2.45) is 5.41 Å². The highest BCUT2D eigenvalue weighted by Crippen LogP contribution is 2.20. The van der Waals surface area contributed by atoms with Gasteiger partial charge in [-0.15, -0.1) is 0 Å². The van der Waals surface area contributed by atoms with Gasteiger partial charge in [0.25, 0.3) is 5.91 Å². The predicted molar refractivity (Wildman–Crippen MR) is 91.1 cm³/mol. The summed E-state index contributed by atoms with van der Waals surface area (Å²) in [5.41, 5.74) is -0.387. The molecular weight excluding hydrogens is 308 g/mol. The summed E-state index contributed by atoms with van der Waals surface area (Å²) in [6.07, 6.45) is 0. The second-order valence-corrected chi connectivity index (χ2v) is 6.89. The SMILES string of the molecule is COc1cccc(OCC(=O)N2CCN(C(=O)C(C)(C)C)CC2)c1. The Balaban J connectivity index is 1.81. The number of nitrogens with zero attached hydrogens (tertiary/aromatic N) is 2. The molecule has 0 atom stereocenters. The molecule has 6 nitrogen and oxygen atoms in total. The maximum atomic E-state index is 12.3. The fraction of sp³-hybridized carbons (Fsp3) is 0.556. The molecule has 1 aromatic carbocycles. The number of rotatable bonds is 4. The van der Waals surface area contributed by atoms with Crippen LogP contribution in [0, 0.1) is 5.41 Å². The van der Waals surface area contributed by atoms with Crippen molar-refractivity contribution in [1.29, 1.82) is 0 Å². The monoisotopic (exact) mass is 334 g/mol. The van der Waals surface area contributed by atoms with Crippen LogP contribution in [0.2, 0.25) is 0 Å². The quantitative estimate of drug-likeness (QED) is 0.842. The number of hydrogen-bond donors (Lipinski definition) is 0. The van der Waals surface area contributed by atoms with Crippen molar-refractivity contribution in [1.82, 2.24) is 9.80 Å². The summed E-state index contributed by atoms with van der Waals surface area (Å²) in [6, 6.07) is 7.17. The maximum Gasteiger partial charge on any atom is 0.260 e. The van der Waals surface area contributed by atoms with Crippen LogP contribution in [0.1, 0.15) is 20.8 Å². The summed E-state index contributed by atoms with van der Waals surface area (Å²) < 4.78 is 10.7. The molecule has 0 unspecified atom stereocenters. The zero-order chi connectivity index (χ0) is 17.7. The molecule has 1 heterocycles. The van der Waals surface area contributed by atoms with Gasteiger partial charge < -0.3 is 19.3 Å². The zero-order valence-corrected chi connectivity index (χ0v) is 14.9. The lowest BCUT2D eigenvalue weighted by atomic mass is 9.94. The van der Waals surface area contributed by atoms with E-state index in [-0.39, 0.29) is 23.8 Å². The van der Waals surface area contributed by atoms with Crippen molar-refractivity contribution in [2.75, 3.05) is 39.9 Å². The highest BCUT2D eigenvalue weighted by molar-refractivity contribution is 5.82. The van der Waals surface area contributed by atoms with Crippen LogP contribution in [0.25, 0.3) is 0 Å². The van der Waals surface area contributed by atoms with Crippen molar-refractivity contribution >= 4 is 11.8 Å². The Bertz CT molecular complexity index is 587. The number of carbonyl (C=O) groups excluding carboxylic acids is 2. The number of hydrogen-bond acceptors (Lipinski definition) is 4. The Morgan fingerprint density at radius 2 is 1.62 bits per heavy atom. The third kappa shape index (κ3) is 4.63. The maximum absolute atomic E-state index is 12.3. The molecule has 1 aliphatic rings. The summed E-state index contributed by atoms with van der Waals surface area (Å²) in [7, 11) is 1.59. The van der Waals surface area contributed by atoms with E-state index in [0.717, 1.165) is 0 Å². The predicted octanol–water partition coefficient (Wildman–Crippen LogP) is 1.79. The van der Waals surface area contributed by atoms with Crippen molar-refractivity contribution < 1.29 is 19.1 Å². The van der Waals surface area contributed by atoms with Crippen LogP contribution in [0.15, 0.2) is 24.3 Å². The molecule has 2 amide bonds. The number of methoxy groups -OCH3 is 1. The Hall–Kier alpha value is -2.24. The summed E-state index contributed by atoms with van der Waals surface area (Å²) in [5, 5.41) is 0. The second-order valence-electron chi connectivity index (χ2n) is 6.89. The highest BCUT2D eigenvalue weighted by Gasteiger charge is 2.30. The van der Waals surface area contributed by atoms with Crippen LogP contribution in [0.5, 0.6) is 11.5 Å². The molecular formula is C18H26N2O4. The first-order valence-electron chi connectivity index (χ1n) is 8.15. The van der Waals surface area contributed by atoms with E-state index in [9.17, 15) is 9.59 Å². The molecule has 1 fully saturated rings. The first-order chi connectivity index (χ1) is 11.3. The van der Waals surface area contributed by atoms with Crippen LogP contribution in [-0.4, -0.2) is 61.5 Å². The standard InChI is InChI=1S/C18H26N2O4/c1-18(2,3)17(22)20-10-8-19(9-11-20)16(21)13-24-15-7-5-6-14(12-15)23-4/h5-7,12H,8-11,13H2,1-4H3. The van der Waals surface area contributed by atoms with Crippen LogP contribution in [0.4, 0.5) is 0 Å². The van der Waals surface area contributed by atoms with Crippen LogP contribution >= 0.6 is 0 Å². The van der Waals surface area contributed by atoms with Gasteiger partial charge in [-0.1, -0.05) is 26.8 Å². The fourth-order valence-electron chi connectivity index (χ4n) is 2.56. The van der Waals surface area contributed by atoms with Crippen LogP contribution < -0.4 is 9.47 Å². The third-order valence-electron chi connectivity index (χ3n) is 3.96. The molecule has 0 bridgehead atoms. The molecule has 1 aromatic rings. The van der Waals surface area contributed by atoms with Gasteiger partial charge >= 0.3 is 0 Å². The summed E-state index contributed by atoms with van der Waals surface area (Å²) in [6.45, 7) is 7.95. The molecule has 0 radical (unpaired) electrons. The molecule has 6 heteroatoms. The molecule has 0 spiro atoms. The molecule has 0 saturated carbocycles. The molecule has 0 aromatic heterocycles. The van der Waals surface area contributed by atoms with Gasteiger partial charge in [0, 0.05) is 37.7 Å². The minimum atomic E-state index is -0.387. The Kier molecular flexibility index (Phi) is 5.70. The first kappa shape index (κ1) is 18.1. The van der Waals surface area contributed by atoms with E-state index in [1.807, 2.05) is 37.8 Å². The molecule has 132 valence electrons. The van der Waals surface area contributed by atoms with E-state index in [1.165, 1.54) is 0 Å². The van der Waals surface area contributed by atoms with Gasteiger partial charge in [0.2, 0.25) is 5.91 Å². The van der Waals surface area contributed by atoms with E-state index in [0.29, 0.717) is 37.7 Å². The Morgan fingerprint density at radius 3 is 2.21 bits per heavy atom. The van der Waals surface area contributed by atoms with Crippen molar-refractivity contribution in [2.45, 2.75) is 20.8 Å². The van der Waals surface area contributed by atoms with Crippen molar-refractivity contribution in [3.05, 3.63) is 24.3 Å². The van der Waals surface area contributed by atoms with Gasteiger partial charge in [-0.05, 0) is 12.1 Å². The van der Waals surface area contributed by atoms with Gasteiger partial charge in [-0.2, -0.15) is 0 Å². The molecule has 0 aliphatic carbocycles. The van der Waals surface area contributed by atoms with E-state index < -0.39 is 0 Å². The average Bonchev–Trinajstić information content (AvgIpc) is 2.58. The van der Waals surface area contributed by atoms with E-state index in [4.69, 9.17) is 9.47 Å². The zero-order valence-electron chi connectivity index (χ0n) is 14.9. The summed E-state index contributed by atoms with van der Waals surface area (Å²) in [5.74, 6) is 1.35. The number of amides is 2. The fourth-order valence-corrected chi connectivity index (χ4v) is 2.56. The summed E-state index contributed by atoms with van der Waals surface area (Å²) in [4.78, 5) is 28.1. The number of piperazine rings is 1. The minimum Gasteiger partial charge on any atom is -0.497 e. The van der Waals surface area contributed by atoms with Gasteiger partial charge in [-0.25, -0.2) is 0 Å². The molecule has 0 N–H and O–H groups in total. The van der Waals surface area contributed by atoms with Gasteiger partial charge in [0.1, 0.15) is 11.5 Å². The average molecular weight is 334 g/mol. The minimum absolute atomic E-state index is 0.0135.